The van der Waals surface area contributed by atoms with E-state index in [0.717, 1.165) is 0 Å². The number of halogens is 1. The Morgan fingerprint density at radius 2 is 1.97 bits per heavy atom. The standard InChI is InChI=1S/C21H26FN7O2S/c1-14(2)29-18(7-8-23-29)24-19(30)15(3)32-21-26-25-20(27-9-11-31-12-10-27)28(21)17-6-4-5-16(22)13-17/h4-8,13-15H,9-12H2,1-3H3,(H,24,30). The van der Waals surface area contributed by atoms with Gasteiger partial charge in [-0.2, -0.15) is 5.10 Å². The first-order chi connectivity index (χ1) is 15.4. The molecule has 1 N–H and O–H groups in total. The fourth-order valence-electron chi connectivity index (χ4n) is 3.41. The molecule has 32 heavy (non-hydrogen) atoms. The van der Waals surface area contributed by atoms with Crippen LogP contribution in [-0.2, 0) is 9.53 Å². The van der Waals surface area contributed by atoms with E-state index in [0.29, 0.717) is 48.9 Å². The minimum atomic E-state index is -0.473. The first kappa shape index (κ1) is 22.3. The Labute approximate surface area is 189 Å². The van der Waals surface area contributed by atoms with Crippen molar-refractivity contribution in [1.82, 2.24) is 24.5 Å². The van der Waals surface area contributed by atoms with Gasteiger partial charge in [-0.15, -0.1) is 10.2 Å². The summed E-state index contributed by atoms with van der Waals surface area (Å²) in [6.45, 7) is 8.28. The lowest BCUT2D eigenvalue weighted by atomic mass is 10.3. The Kier molecular flexibility index (Phi) is 6.75. The second-order valence-electron chi connectivity index (χ2n) is 7.70. The van der Waals surface area contributed by atoms with Crippen LogP contribution in [0, 0.1) is 5.82 Å². The number of rotatable bonds is 7. The molecule has 1 amide bonds. The van der Waals surface area contributed by atoms with Crippen molar-refractivity contribution in [3.63, 3.8) is 0 Å². The number of benzene rings is 1. The maximum Gasteiger partial charge on any atom is 0.238 e. The summed E-state index contributed by atoms with van der Waals surface area (Å²) in [4.78, 5) is 14.9. The van der Waals surface area contributed by atoms with Gasteiger partial charge in [-0.3, -0.25) is 9.36 Å². The molecule has 9 nitrogen and oxygen atoms in total. The number of nitrogens with zero attached hydrogens (tertiary/aromatic N) is 6. The number of morpholine rings is 1. The fraction of sp³-hybridized carbons (Fsp3) is 0.429. The Hall–Kier alpha value is -2.92. The molecule has 2 aromatic heterocycles. The van der Waals surface area contributed by atoms with Crippen molar-refractivity contribution in [2.45, 2.75) is 37.2 Å². The van der Waals surface area contributed by atoms with Crippen LogP contribution < -0.4 is 10.2 Å². The summed E-state index contributed by atoms with van der Waals surface area (Å²) in [6, 6.07) is 8.15. The van der Waals surface area contributed by atoms with Gasteiger partial charge in [0.1, 0.15) is 11.6 Å². The zero-order valence-electron chi connectivity index (χ0n) is 18.2. The summed E-state index contributed by atoms with van der Waals surface area (Å²) in [5.41, 5.74) is 0.601. The van der Waals surface area contributed by atoms with Crippen molar-refractivity contribution in [2.24, 2.45) is 0 Å². The van der Waals surface area contributed by atoms with Gasteiger partial charge < -0.3 is 15.0 Å². The average Bonchev–Trinajstić information content (AvgIpc) is 3.41. The minimum absolute atomic E-state index is 0.121. The van der Waals surface area contributed by atoms with E-state index in [1.54, 1.807) is 40.6 Å². The predicted molar refractivity (Wildman–Crippen MR) is 121 cm³/mol. The fourth-order valence-corrected chi connectivity index (χ4v) is 4.27. The number of thioether (sulfide) groups is 1. The predicted octanol–water partition coefficient (Wildman–Crippen LogP) is 3.14. The van der Waals surface area contributed by atoms with Crippen LogP contribution in [0.1, 0.15) is 26.8 Å². The molecule has 4 rings (SSSR count). The summed E-state index contributed by atoms with van der Waals surface area (Å²) < 4.78 is 23.0. The van der Waals surface area contributed by atoms with Crippen molar-refractivity contribution in [3.8, 4) is 5.69 Å². The minimum Gasteiger partial charge on any atom is -0.378 e. The SMILES string of the molecule is CC(Sc1nnc(N2CCOCC2)n1-c1cccc(F)c1)C(=O)Nc1ccnn1C(C)C. The number of hydrogen-bond donors (Lipinski definition) is 1. The average molecular weight is 460 g/mol. The second-order valence-corrected chi connectivity index (χ2v) is 9.01. The van der Waals surface area contributed by atoms with Gasteiger partial charge in [0, 0.05) is 25.2 Å². The summed E-state index contributed by atoms with van der Waals surface area (Å²) in [7, 11) is 0. The molecular formula is C21H26FN7O2S. The Bertz CT molecular complexity index is 1080. The first-order valence-corrected chi connectivity index (χ1v) is 11.4. The number of aromatic nitrogens is 5. The third kappa shape index (κ3) is 4.78. The quantitative estimate of drug-likeness (QED) is 0.543. The van der Waals surface area contributed by atoms with Gasteiger partial charge in [0.25, 0.3) is 0 Å². The maximum atomic E-state index is 14.0. The van der Waals surface area contributed by atoms with E-state index in [-0.39, 0.29) is 17.8 Å². The number of hydrogen-bond acceptors (Lipinski definition) is 7. The summed E-state index contributed by atoms with van der Waals surface area (Å²) in [5.74, 6) is 0.705. The lowest BCUT2D eigenvalue weighted by molar-refractivity contribution is -0.115. The van der Waals surface area contributed by atoms with Crippen LogP contribution >= 0.6 is 11.8 Å². The van der Waals surface area contributed by atoms with Gasteiger partial charge >= 0.3 is 0 Å². The molecule has 1 atom stereocenters. The molecule has 0 bridgehead atoms. The summed E-state index contributed by atoms with van der Waals surface area (Å²) in [5, 5.41) is 15.9. The molecule has 3 heterocycles. The van der Waals surface area contributed by atoms with Crippen molar-refractivity contribution < 1.29 is 13.9 Å². The molecule has 0 spiro atoms. The van der Waals surface area contributed by atoms with Gasteiger partial charge in [-0.1, -0.05) is 17.8 Å². The highest BCUT2D eigenvalue weighted by atomic mass is 32.2. The molecule has 0 saturated carbocycles. The topological polar surface area (TPSA) is 90.1 Å². The van der Waals surface area contributed by atoms with Crippen LogP contribution in [0.3, 0.4) is 0 Å². The van der Waals surface area contributed by atoms with Gasteiger partial charge in [-0.05, 0) is 39.0 Å². The Morgan fingerprint density at radius 3 is 2.69 bits per heavy atom. The molecule has 0 radical (unpaired) electrons. The van der Waals surface area contributed by atoms with E-state index in [9.17, 15) is 9.18 Å². The number of anilines is 2. The number of carbonyl (C=O) groups excluding carboxylic acids is 1. The molecule has 0 aliphatic carbocycles. The molecule has 3 aromatic rings. The smallest absolute Gasteiger partial charge is 0.238 e. The largest absolute Gasteiger partial charge is 0.378 e. The van der Waals surface area contributed by atoms with Crippen molar-refractivity contribution in [1.29, 1.82) is 0 Å². The van der Waals surface area contributed by atoms with Crippen LogP contribution in [-0.4, -0.2) is 62.0 Å². The highest BCUT2D eigenvalue weighted by molar-refractivity contribution is 8.00. The van der Waals surface area contributed by atoms with Crippen LogP contribution in [0.2, 0.25) is 0 Å². The zero-order valence-corrected chi connectivity index (χ0v) is 19.0. The van der Waals surface area contributed by atoms with Crippen LogP contribution in [0.5, 0.6) is 0 Å². The Balaban J connectivity index is 1.59. The molecule has 1 aromatic carbocycles. The third-order valence-electron chi connectivity index (χ3n) is 5.04. The van der Waals surface area contributed by atoms with Crippen LogP contribution in [0.15, 0.2) is 41.7 Å². The van der Waals surface area contributed by atoms with E-state index < -0.39 is 5.25 Å². The molecule has 1 fully saturated rings. The molecule has 1 saturated heterocycles. The van der Waals surface area contributed by atoms with Crippen LogP contribution in [0.4, 0.5) is 16.2 Å². The molecule has 1 aliphatic heterocycles. The van der Waals surface area contributed by atoms with E-state index in [2.05, 4.69) is 25.5 Å². The number of carbonyl (C=O) groups is 1. The van der Waals surface area contributed by atoms with Crippen molar-refractivity contribution in [3.05, 3.63) is 42.3 Å². The van der Waals surface area contributed by atoms with Gasteiger partial charge in [0.05, 0.1) is 30.3 Å². The van der Waals surface area contributed by atoms with Gasteiger partial charge in [0.15, 0.2) is 5.16 Å². The van der Waals surface area contributed by atoms with E-state index >= 15 is 0 Å². The highest BCUT2D eigenvalue weighted by Crippen LogP contribution is 2.30. The first-order valence-electron chi connectivity index (χ1n) is 10.5. The lowest BCUT2D eigenvalue weighted by Gasteiger charge is -2.28. The van der Waals surface area contributed by atoms with Crippen molar-refractivity contribution >= 4 is 29.4 Å². The van der Waals surface area contributed by atoms with Crippen molar-refractivity contribution in [2.75, 3.05) is 36.5 Å². The third-order valence-corrected chi connectivity index (χ3v) is 6.08. The molecule has 11 heteroatoms. The van der Waals surface area contributed by atoms with E-state index in [1.807, 2.05) is 13.8 Å². The zero-order chi connectivity index (χ0) is 22.7. The number of ether oxygens (including phenoxy) is 1. The summed E-state index contributed by atoms with van der Waals surface area (Å²) >= 11 is 1.27. The molecule has 1 aliphatic rings. The Morgan fingerprint density at radius 1 is 1.19 bits per heavy atom. The van der Waals surface area contributed by atoms with Gasteiger partial charge in [-0.25, -0.2) is 9.07 Å². The second kappa shape index (κ2) is 9.70. The molecular weight excluding hydrogens is 433 g/mol. The lowest BCUT2D eigenvalue weighted by Crippen LogP contribution is -2.38. The molecule has 170 valence electrons. The van der Waals surface area contributed by atoms with Gasteiger partial charge in [0.2, 0.25) is 11.9 Å². The highest BCUT2D eigenvalue weighted by Gasteiger charge is 2.25. The maximum absolute atomic E-state index is 14.0. The number of nitrogens with one attached hydrogen (secondary N) is 1. The van der Waals surface area contributed by atoms with Crippen LogP contribution in [0.25, 0.3) is 5.69 Å². The molecule has 1 unspecified atom stereocenters. The van der Waals surface area contributed by atoms with E-state index in [4.69, 9.17) is 4.74 Å². The monoisotopic (exact) mass is 459 g/mol. The summed E-state index contributed by atoms with van der Waals surface area (Å²) in [6.07, 6.45) is 1.66. The van der Waals surface area contributed by atoms with E-state index in [1.165, 1.54) is 23.9 Å². The normalized spacial score (nSPS) is 15.2. The number of amides is 1.